The maximum absolute atomic E-state index is 12.7. The zero-order chi connectivity index (χ0) is 14.8. The van der Waals surface area contributed by atoms with Crippen LogP contribution in [0, 0.1) is 0 Å². The topological polar surface area (TPSA) is 83.2 Å². The van der Waals surface area contributed by atoms with Gasteiger partial charge in [0.25, 0.3) is 0 Å². The lowest BCUT2D eigenvalue weighted by atomic mass is 9.97. The second-order valence-corrected chi connectivity index (χ2v) is 6.14. The molecule has 6 heteroatoms. The molecule has 0 bridgehead atoms. The van der Waals surface area contributed by atoms with E-state index in [1.54, 1.807) is 24.3 Å². The van der Waals surface area contributed by atoms with E-state index in [4.69, 9.17) is 4.52 Å². The molecule has 1 fully saturated rings. The summed E-state index contributed by atoms with van der Waals surface area (Å²) in [5, 5.41) is 3.74. The molecule has 0 aliphatic heterocycles. The summed E-state index contributed by atoms with van der Waals surface area (Å²) < 4.78 is 26.6. The van der Waals surface area contributed by atoms with Crippen LogP contribution in [0.2, 0.25) is 0 Å². The zero-order valence-corrected chi connectivity index (χ0v) is 12.1. The molecule has 0 N–H and O–H groups in total. The van der Waals surface area contributed by atoms with Gasteiger partial charge in [0, 0.05) is 17.2 Å². The predicted molar refractivity (Wildman–Crippen MR) is 75.8 cm³/mol. The normalized spacial score (nSPS) is 15.9. The molecule has 0 spiro atoms. The van der Waals surface area contributed by atoms with Gasteiger partial charge in [0.2, 0.25) is 0 Å². The largest absolute Gasteiger partial charge is 0.772 e. The number of ketones is 1. The van der Waals surface area contributed by atoms with Gasteiger partial charge in [-0.05, 0) is 24.8 Å². The Labute approximate surface area is 124 Å². The third kappa shape index (κ3) is 3.11. The van der Waals surface area contributed by atoms with E-state index in [2.05, 4.69) is 5.16 Å². The number of aromatic nitrogens is 1. The first-order valence-corrected chi connectivity index (χ1v) is 8.04. The van der Waals surface area contributed by atoms with Crippen LogP contribution < -0.4 is 0 Å². The van der Waals surface area contributed by atoms with E-state index in [1.807, 2.05) is 0 Å². The van der Waals surface area contributed by atoms with E-state index in [9.17, 15) is 13.6 Å². The summed E-state index contributed by atoms with van der Waals surface area (Å²) in [6.07, 6.45) is 3.82. The van der Waals surface area contributed by atoms with Gasteiger partial charge in [0.15, 0.2) is 11.5 Å². The molecule has 1 aliphatic carbocycles. The highest BCUT2D eigenvalue weighted by molar-refractivity contribution is 7.79. The van der Waals surface area contributed by atoms with Crippen LogP contribution in [0.15, 0.2) is 35.0 Å². The fourth-order valence-corrected chi connectivity index (χ4v) is 2.74. The Kier molecular flexibility index (Phi) is 3.98. The van der Waals surface area contributed by atoms with Crippen molar-refractivity contribution in [2.75, 3.05) is 5.75 Å². The average molecular weight is 304 g/mol. The molecule has 2 aromatic rings. The molecule has 1 saturated carbocycles. The van der Waals surface area contributed by atoms with E-state index in [0.29, 0.717) is 29.2 Å². The summed E-state index contributed by atoms with van der Waals surface area (Å²) in [7, 11) is 0. The molecule has 21 heavy (non-hydrogen) atoms. The van der Waals surface area contributed by atoms with Crippen molar-refractivity contribution in [2.45, 2.75) is 25.2 Å². The average Bonchev–Trinajstić information content (AvgIpc) is 3.22. The molecule has 1 heterocycles. The summed E-state index contributed by atoms with van der Waals surface area (Å²) in [6.45, 7) is 0. The van der Waals surface area contributed by atoms with Gasteiger partial charge in [-0.25, -0.2) is 0 Å². The molecule has 110 valence electrons. The highest BCUT2D eigenvalue weighted by Gasteiger charge is 2.33. The number of aryl methyl sites for hydroxylation is 1. The Morgan fingerprint density at radius 3 is 2.81 bits per heavy atom. The van der Waals surface area contributed by atoms with Crippen molar-refractivity contribution in [3.05, 3.63) is 52.9 Å². The van der Waals surface area contributed by atoms with E-state index in [1.165, 1.54) is 6.20 Å². The number of carbonyl (C=O) groups is 1. The van der Waals surface area contributed by atoms with Crippen molar-refractivity contribution >= 4 is 16.9 Å². The number of hydrogen-bond donors (Lipinski definition) is 0. The van der Waals surface area contributed by atoms with Crippen LogP contribution in [0.5, 0.6) is 0 Å². The Morgan fingerprint density at radius 2 is 2.10 bits per heavy atom. The van der Waals surface area contributed by atoms with Crippen LogP contribution in [-0.4, -0.2) is 25.5 Å². The quantitative estimate of drug-likeness (QED) is 0.603. The van der Waals surface area contributed by atoms with Crippen LogP contribution in [0.3, 0.4) is 0 Å². The molecule has 1 aromatic carbocycles. The van der Waals surface area contributed by atoms with Crippen molar-refractivity contribution in [2.24, 2.45) is 0 Å². The highest BCUT2D eigenvalue weighted by atomic mass is 32.2. The van der Waals surface area contributed by atoms with Crippen molar-refractivity contribution in [3.8, 4) is 0 Å². The van der Waals surface area contributed by atoms with Gasteiger partial charge in [-0.2, -0.15) is 0 Å². The molecule has 1 unspecified atom stereocenters. The van der Waals surface area contributed by atoms with E-state index >= 15 is 0 Å². The van der Waals surface area contributed by atoms with E-state index in [0.717, 1.165) is 18.4 Å². The van der Waals surface area contributed by atoms with Crippen LogP contribution in [0.4, 0.5) is 0 Å². The number of benzene rings is 1. The molecule has 1 atom stereocenters. The molecule has 1 aromatic heterocycles. The minimum atomic E-state index is -2.12. The Hall–Kier alpha value is -1.79. The second kappa shape index (κ2) is 5.91. The zero-order valence-electron chi connectivity index (χ0n) is 11.3. The Balaban J connectivity index is 1.90. The maximum atomic E-state index is 12.7. The Morgan fingerprint density at radius 1 is 1.33 bits per heavy atom. The number of hydrogen-bond acceptors (Lipinski definition) is 5. The summed E-state index contributed by atoms with van der Waals surface area (Å²) in [5.41, 5.74) is 1.75. The number of carbonyl (C=O) groups excluding carboxylic acids is 1. The standard InChI is InChI=1S/C15H15NO4S/c17-14(13-9-16-20-15(13)11-5-6-11)12-4-2-1-3-10(12)7-8-21(18)19/h1-4,9,11H,5-8H2,(H,18,19)/p-1. The van der Waals surface area contributed by atoms with Gasteiger partial charge in [-0.15, -0.1) is 0 Å². The maximum Gasteiger partial charge on any atom is 0.198 e. The lowest BCUT2D eigenvalue weighted by molar-refractivity contribution is 0.103. The van der Waals surface area contributed by atoms with Gasteiger partial charge in [-0.3, -0.25) is 9.00 Å². The first-order chi connectivity index (χ1) is 10.2. The van der Waals surface area contributed by atoms with Crippen LogP contribution in [0.25, 0.3) is 0 Å². The lowest BCUT2D eigenvalue weighted by Gasteiger charge is -2.09. The fourth-order valence-electron chi connectivity index (χ4n) is 2.36. The van der Waals surface area contributed by atoms with Gasteiger partial charge in [-0.1, -0.05) is 40.5 Å². The molecule has 3 rings (SSSR count). The number of nitrogens with zero attached hydrogens (tertiary/aromatic N) is 1. The molecular formula is C15H14NO4S-. The highest BCUT2D eigenvalue weighted by Crippen LogP contribution is 2.42. The van der Waals surface area contributed by atoms with Gasteiger partial charge < -0.3 is 9.08 Å². The van der Waals surface area contributed by atoms with Crippen LogP contribution >= 0.6 is 0 Å². The van der Waals surface area contributed by atoms with Crippen molar-refractivity contribution in [1.82, 2.24) is 5.16 Å². The third-order valence-corrected chi connectivity index (χ3v) is 4.13. The van der Waals surface area contributed by atoms with E-state index in [-0.39, 0.29) is 11.5 Å². The first kappa shape index (κ1) is 14.2. The Bertz CT molecular complexity index is 690. The first-order valence-electron chi connectivity index (χ1n) is 6.80. The van der Waals surface area contributed by atoms with Gasteiger partial charge >= 0.3 is 0 Å². The SMILES string of the molecule is O=C(c1ccccc1CCS(=O)[O-])c1cnoc1C1CC1. The summed E-state index contributed by atoms with van der Waals surface area (Å²) >= 11 is -2.12. The van der Waals surface area contributed by atoms with Crippen LogP contribution in [0.1, 0.15) is 46.0 Å². The lowest BCUT2D eigenvalue weighted by Crippen LogP contribution is -2.09. The molecular weight excluding hydrogens is 290 g/mol. The van der Waals surface area contributed by atoms with Crippen molar-refractivity contribution in [1.29, 1.82) is 0 Å². The minimum Gasteiger partial charge on any atom is -0.772 e. The summed E-state index contributed by atoms with van der Waals surface area (Å²) in [4.78, 5) is 12.7. The number of rotatable bonds is 6. The molecule has 0 saturated heterocycles. The fraction of sp³-hybridized carbons (Fsp3) is 0.333. The van der Waals surface area contributed by atoms with Crippen molar-refractivity contribution < 1.29 is 18.1 Å². The molecule has 0 amide bonds. The summed E-state index contributed by atoms with van der Waals surface area (Å²) in [6, 6.07) is 7.07. The van der Waals surface area contributed by atoms with Gasteiger partial charge in [0.05, 0.1) is 11.8 Å². The third-order valence-electron chi connectivity index (χ3n) is 3.59. The predicted octanol–water partition coefficient (Wildman–Crippen LogP) is 2.20. The van der Waals surface area contributed by atoms with Crippen molar-refractivity contribution in [3.63, 3.8) is 0 Å². The van der Waals surface area contributed by atoms with E-state index < -0.39 is 11.1 Å². The van der Waals surface area contributed by atoms with Crippen LogP contribution in [-0.2, 0) is 17.5 Å². The molecule has 1 aliphatic rings. The minimum absolute atomic E-state index is 0.00339. The van der Waals surface area contributed by atoms with Gasteiger partial charge in [0.1, 0.15) is 0 Å². The second-order valence-electron chi connectivity index (χ2n) is 5.12. The summed E-state index contributed by atoms with van der Waals surface area (Å²) in [5.74, 6) is 0.809. The molecule has 0 radical (unpaired) electrons. The monoisotopic (exact) mass is 304 g/mol. The smallest absolute Gasteiger partial charge is 0.198 e. The molecule has 5 nitrogen and oxygen atoms in total.